The maximum absolute atomic E-state index is 16.0. The molecule has 4 aliphatic heterocycles. The third-order valence-corrected chi connectivity index (χ3v) is 12.0. The summed E-state index contributed by atoms with van der Waals surface area (Å²) < 4.78 is 33.2. The molecule has 6 rings (SSSR count). The van der Waals surface area contributed by atoms with Crippen LogP contribution in [0, 0.1) is 5.92 Å². The van der Waals surface area contributed by atoms with E-state index >= 15 is 4.11 Å². The fraction of sp³-hybridized carbons (Fsp3) is 0.485. The lowest BCUT2D eigenvalue weighted by Crippen LogP contribution is -2.55. The molecule has 3 amide bonds. The van der Waals surface area contributed by atoms with Gasteiger partial charge >= 0.3 is 11.9 Å². The molecule has 6 atom stereocenters. The smallest absolute Gasteiger partial charge is 0.304 e. The molecule has 47 heavy (non-hydrogen) atoms. The van der Waals surface area contributed by atoms with Gasteiger partial charge in [0.2, 0.25) is 20.2 Å². The quantitative estimate of drug-likeness (QED) is 0.184. The summed E-state index contributed by atoms with van der Waals surface area (Å²) in [5, 5.41) is 9.88. The fourth-order valence-electron chi connectivity index (χ4n) is 7.69. The molecule has 3 fully saturated rings. The number of aliphatic hydroxyl groups is 1. The molecule has 3 saturated heterocycles. The Morgan fingerprint density at radius 2 is 1.57 bits per heavy atom. The Balaban J connectivity index is 1.41. The highest BCUT2D eigenvalue weighted by Gasteiger charge is 2.66. The van der Waals surface area contributed by atoms with Crippen LogP contribution in [0.25, 0.3) is 0 Å². The van der Waals surface area contributed by atoms with Crippen LogP contribution in [-0.2, 0) is 50.3 Å². The number of β-lactam (4-membered cyclic amide) rings is 2. The van der Waals surface area contributed by atoms with Gasteiger partial charge in [-0.2, -0.15) is 0 Å². The topological polar surface area (TPSA) is 143 Å². The molecule has 2 aromatic rings. The highest BCUT2D eigenvalue weighted by Crippen LogP contribution is 2.61. The molecule has 2 aromatic carbocycles. The lowest BCUT2D eigenvalue weighted by atomic mass is 9.82. The molecule has 12 nitrogen and oxygen atoms in total. The van der Waals surface area contributed by atoms with Crippen molar-refractivity contribution in [3.63, 3.8) is 0 Å². The molecule has 1 N–H and O–H groups in total. The van der Waals surface area contributed by atoms with Crippen LogP contribution in [0.4, 0.5) is 21.2 Å². The lowest BCUT2D eigenvalue weighted by molar-refractivity contribution is -0.155. The molecule has 2 unspecified atom stereocenters. The van der Waals surface area contributed by atoms with Crippen LogP contribution in [-0.4, -0.2) is 68.3 Å². The zero-order valence-corrected chi connectivity index (χ0v) is 27.9. The fourth-order valence-corrected chi connectivity index (χ4v) is 10.2. The maximum Gasteiger partial charge on any atom is 0.304 e. The number of fused-ring (bicyclic) bond motifs is 2. The Bertz CT molecular complexity index is 1660. The van der Waals surface area contributed by atoms with Crippen LogP contribution in [0.15, 0.2) is 42.5 Å². The van der Waals surface area contributed by atoms with Crippen molar-refractivity contribution >= 4 is 55.1 Å². The van der Waals surface area contributed by atoms with Crippen molar-refractivity contribution in [3.8, 4) is 0 Å². The third kappa shape index (κ3) is 5.41. The van der Waals surface area contributed by atoms with Crippen molar-refractivity contribution in [2.75, 3.05) is 21.3 Å². The second-order valence-corrected chi connectivity index (χ2v) is 16.9. The zero-order valence-electron chi connectivity index (χ0n) is 26.9. The average Bonchev–Trinajstić information content (AvgIpc) is 3.38. The van der Waals surface area contributed by atoms with Gasteiger partial charge in [0.25, 0.3) is 5.91 Å². The number of hydrogen-bond acceptors (Lipinski definition) is 9. The zero-order chi connectivity index (χ0) is 34.0. The molecule has 4 aliphatic rings. The van der Waals surface area contributed by atoms with E-state index in [1.165, 1.54) is 23.6 Å². The van der Waals surface area contributed by atoms with Gasteiger partial charge in [0.15, 0.2) is 18.1 Å². The molecule has 0 saturated carbocycles. The third-order valence-electron chi connectivity index (χ3n) is 9.58. The van der Waals surface area contributed by atoms with Gasteiger partial charge in [-0.15, -0.1) is 0 Å². The molecule has 250 valence electrons. The van der Waals surface area contributed by atoms with E-state index in [2.05, 4.69) is 0 Å². The largest absolute Gasteiger partial charge is 0.441 e. The van der Waals surface area contributed by atoms with Crippen LogP contribution in [0.5, 0.6) is 0 Å². The van der Waals surface area contributed by atoms with E-state index in [4.69, 9.17) is 14.2 Å². The number of rotatable bonds is 9. The minimum Gasteiger partial charge on any atom is -0.441 e. The number of carbonyl (C=O) groups is 5. The number of halogens is 1. The van der Waals surface area contributed by atoms with Crippen molar-refractivity contribution in [3.05, 3.63) is 53.6 Å². The first kappa shape index (κ1) is 32.8. The molecule has 4 heterocycles. The van der Waals surface area contributed by atoms with Gasteiger partial charge in [0.1, 0.15) is 0 Å². The van der Waals surface area contributed by atoms with E-state index in [-0.39, 0.29) is 44.2 Å². The van der Waals surface area contributed by atoms with Crippen LogP contribution in [0.1, 0.15) is 51.2 Å². The Morgan fingerprint density at radius 1 is 0.979 bits per heavy atom. The summed E-state index contributed by atoms with van der Waals surface area (Å²) in [6.07, 6.45) is -1.99. The normalized spacial score (nSPS) is 28.4. The molecule has 0 bridgehead atoms. The van der Waals surface area contributed by atoms with Crippen LogP contribution >= 0.6 is 0 Å². The molecule has 14 heteroatoms. The number of esters is 2. The Morgan fingerprint density at radius 3 is 2.11 bits per heavy atom. The second-order valence-electron chi connectivity index (χ2n) is 13.1. The summed E-state index contributed by atoms with van der Waals surface area (Å²) in [7, 11) is -3.44. The number of aliphatic hydroxyl groups excluding tert-OH is 1. The summed E-state index contributed by atoms with van der Waals surface area (Å²) in [6.45, 7) is 7.31. The number of carbonyl (C=O) groups excluding carboxylic acids is 5. The number of amides is 3. The average molecular weight is 668 g/mol. The summed E-state index contributed by atoms with van der Waals surface area (Å²) in [6, 6.07) is 12.1. The summed E-state index contributed by atoms with van der Waals surface area (Å²) in [5.74, 6) is -2.54. The van der Waals surface area contributed by atoms with Gasteiger partial charge in [-0.1, -0.05) is 19.1 Å². The number of ether oxygens (including phenoxy) is 3. The van der Waals surface area contributed by atoms with Crippen molar-refractivity contribution in [2.24, 2.45) is 5.92 Å². The second kappa shape index (κ2) is 11.8. The predicted octanol–water partition coefficient (Wildman–Crippen LogP) is 3.64. The van der Waals surface area contributed by atoms with E-state index in [0.717, 1.165) is 0 Å². The highest BCUT2D eigenvalue weighted by molar-refractivity contribution is 6.72. The number of benzene rings is 2. The van der Waals surface area contributed by atoms with Crippen LogP contribution in [0.3, 0.4) is 0 Å². The minimum atomic E-state index is -3.44. The molecule has 0 aliphatic carbocycles. The van der Waals surface area contributed by atoms with Crippen molar-refractivity contribution in [2.45, 2.75) is 89.4 Å². The van der Waals surface area contributed by atoms with Crippen LogP contribution in [0.2, 0.25) is 18.6 Å². The van der Waals surface area contributed by atoms with Crippen molar-refractivity contribution in [1.29, 1.82) is 0 Å². The molecular formula is C33H38FN3O9Si. The molecule has 1 spiro atoms. The van der Waals surface area contributed by atoms with Gasteiger partial charge in [-0.3, -0.25) is 33.8 Å². The van der Waals surface area contributed by atoms with Gasteiger partial charge in [-0.25, -0.2) is 0 Å². The Labute approximate surface area is 272 Å². The standard InChI is InChI=1S/C33H38FN3O9Si/c1-18-31(47(4,5)34)26(11-12-38)46-33(18)24-14-23(37-28(42)16-30(37)45-20(3)40)9-10-25(24)35(32(33)43)17-21-7-6-8-22(13-21)36-27(41)15-29(36)44-19(2)39/h6-10,13-14,18,26,29-31,38H,11-12,15-17H2,1-5H3/t18-,26+,29?,30?,31-,33+/m0/s1. The van der Waals surface area contributed by atoms with Gasteiger partial charge in [0, 0.05) is 48.9 Å². The van der Waals surface area contributed by atoms with E-state index in [1.54, 1.807) is 67.4 Å². The first-order valence-electron chi connectivity index (χ1n) is 15.7. The van der Waals surface area contributed by atoms with Crippen LogP contribution < -0.4 is 14.7 Å². The lowest BCUT2D eigenvalue weighted by Gasteiger charge is -2.39. The summed E-state index contributed by atoms with van der Waals surface area (Å²) in [5.41, 5.74) is 0.329. The van der Waals surface area contributed by atoms with E-state index in [1.807, 2.05) is 0 Å². The summed E-state index contributed by atoms with van der Waals surface area (Å²) in [4.78, 5) is 67.5. The Hall–Kier alpha value is -4.14. The monoisotopic (exact) mass is 667 g/mol. The first-order valence-corrected chi connectivity index (χ1v) is 18.6. The predicted molar refractivity (Wildman–Crippen MR) is 169 cm³/mol. The van der Waals surface area contributed by atoms with E-state index in [0.29, 0.717) is 28.2 Å². The first-order chi connectivity index (χ1) is 22.2. The molecule has 0 aromatic heterocycles. The van der Waals surface area contributed by atoms with E-state index < -0.39 is 61.9 Å². The van der Waals surface area contributed by atoms with Crippen molar-refractivity contribution in [1.82, 2.24) is 0 Å². The molecule has 0 radical (unpaired) electrons. The van der Waals surface area contributed by atoms with E-state index in [9.17, 15) is 29.1 Å². The Kier molecular flexibility index (Phi) is 8.25. The minimum absolute atomic E-state index is 0.0240. The number of hydrogen-bond donors (Lipinski definition) is 1. The molecular weight excluding hydrogens is 629 g/mol. The van der Waals surface area contributed by atoms with Crippen molar-refractivity contribution < 1.29 is 47.4 Å². The van der Waals surface area contributed by atoms with Gasteiger partial charge in [0.05, 0.1) is 31.2 Å². The van der Waals surface area contributed by atoms with Gasteiger partial charge in [-0.05, 0) is 55.4 Å². The number of nitrogens with zero attached hydrogens (tertiary/aromatic N) is 3. The SMILES string of the molecule is CC(=O)OC1CC(=O)N1c1cccc(CN2C(=O)[C@]3(O[C@H](CCO)[C@@H]([Si](C)(C)F)[C@@H]3C)c3cc(N4C(=O)CC4OC(C)=O)ccc32)c1. The highest BCUT2D eigenvalue weighted by atomic mass is 28.4. The summed E-state index contributed by atoms with van der Waals surface area (Å²) >= 11 is 0. The maximum atomic E-state index is 16.0. The van der Waals surface area contributed by atoms with Gasteiger partial charge < -0.3 is 28.3 Å². The number of anilines is 3.